The van der Waals surface area contributed by atoms with Gasteiger partial charge in [-0.25, -0.2) is 9.48 Å². The number of hydrogen-bond acceptors (Lipinski definition) is 3. The van der Waals surface area contributed by atoms with Crippen molar-refractivity contribution in [2.45, 2.75) is 13.3 Å². The van der Waals surface area contributed by atoms with Gasteiger partial charge < -0.3 is 9.84 Å². The Morgan fingerprint density at radius 1 is 1.42 bits per heavy atom. The minimum Gasteiger partial charge on any atom is -0.476 e. The van der Waals surface area contributed by atoms with Crippen LogP contribution in [0.4, 0.5) is 0 Å². The summed E-state index contributed by atoms with van der Waals surface area (Å²) in [4.78, 5) is 11.0. The van der Waals surface area contributed by atoms with E-state index in [4.69, 9.17) is 9.84 Å². The van der Waals surface area contributed by atoms with Crippen LogP contribution in [0.3, 0.4) is 0 Å². The molecule has 1 heterocycles. The first-order chi connectivity index (χ1) is 9.13. The molecule has 1 N–H and O–H groups in total. The van der Waals surface area contributed by atoms with Crippen molar-refractivity contribution in [3.05, 3.63) is 47.3 Å². The highest BCUT2D eigenvalue weighted by molar-refractivity contribution is 5.85. The number of aryl methyl sites for hydroxylation is 1. The van der Waals surface area contributed by atoms with Gasteiger partial charge in [-0.2, -0.15) is 5.10 Å². The van der Waals surface area contributed by atoms with Crippen LogP contribution in [0.15, 0.2) is 30.3 Å². The number of carbonyl (C=O) groups is 1. The fourth-order valence-corrected chi connectivity index (χ4v) is 1.96. The van der Waals surface area contributed by atoms with Gasteiger partial charge in [-0.05, 0) is 31.0 Å². The van der Waals surface area contributed by atoms with Gasteiger partial charge in [0.25, 0.3) is 0 Å². The fourth-order valence-electron chi connectivity index (χ4n) is 1.96. The SMILES string of the molecule is COCCc1ccccc1-n1nc(C(=O)O)cc1C. The number of aromatic nitrogens is 2. The van der Waals surface area contributed by atoms with Crippen molar-refractivity contribution in [2.75, 3.05) is 13.7 Å². The van der Waals surface area contributed by atoms with E-state index in [0.717, 1.165) is 23.4 Å². The van der Waals surface area contributed by atoms with Gasteiger partial charge in [-0.15, -0.1) is 0 Å². The summed E-state index contributed by atoms with van der Waals surface area (Å²) in [6.07, 6.45) is 0.758. The molecule has 0 aliphatic heterocycles. The van der Waals surface area contributed by atoms with E-state index in [-0.39, 0.29) is 5.69 Å². The molecule has 0 aliphatic rings. The third-order valence-electron chi connectivity index (χ3n) is 2.90. The quantitative estimate of drug-likeness (QED) is 0.893. The van der Waals surface area contributed by atoms with Crippen LogP contribution in [0.5, 0.6) is 0 Å². The van der Waals surface area contributed by atoms with Crippen molar-refractivity contribution in [2.24, 2.45) is 0 Å². The molecule has 1 aromatic heterocycles. The molecule has 0 amide bonds. The maximum absolute atomic E-state index is 11.0. The van der Waals surface area contributed by atoms with Gasteiger partial charge in [0.15, 0.2) is 5.69 Å². The molecule has 0 atom stereocenters. The monoisotopic (exact) mass is 260 g/mol. The zero-order chi connectivity index (χ0) is 13.8. The van der Waals surface area contributed by atoms with Gasteiger partial charge in [0, 0.05) is 12.8 Å². The zero-order valence-electron chi connectivity index (χ0n) is 11.0. The molecule has 2 aromatic rings. The first-order valence-electron chi connectivity index (χ1n) is 6.00. The standard InChI is InChI=1S/C14H16N2O3/c1-10-9-12(14(17)18)15-16(10)13-6-4-3-5-11(13)7-8-19-2/h3-6,9H,7-8H2,1-2H3,(H,17,18). The van der Waals surface area contributed by atoms with E-state index in [9.17, 15) is 4.79 Å². The summed E-state index contributed by atoms with van der Waals surface area (Å²) < 4.78 is 6.75. The lowest BCUT2D eigenvalue weighted by Gasteiger charge is -2.10. The van der Waals surface area contributed by atoms with Gasteiger partial charge in [0.2, 0.25) is 0 Å². The van der Waals surface area contributed by atoms with Crippen LogP contribution in [-0.2, 0) is 11.2 Å². The Labute approximate surface area is 111 Å². The maximum Gasteiger partial charge on any atom is 0.356 e. The summed E-state index contributed by atoms with van der Waals surface area (Å²) in [7, 11) is 1.66. The van der Waals surface area contributed by atoms with Crippen molar-refractivity contribution in [1.82, 2.24) is 9.78 Å². The Morgan fingerprint density at radius 2 is 2.16 bits per heavy atom. The first-order valence-corrected chi connectivity index (χ1v) is 6.00. The molecule has 0 bridgehead atoms. The van der Waals surface area contributed by atoms with Gasteiger partial charge in [-0.3, -0.25) is 0 Å². The van der Waals surface area contributed by atoms with Crippen LogP contribution in [-0.4, -0.2) is 34.6 Å². The Kier molecular flexibility index (Phi) is 3.97. The number of carboxylic acids is 1. The van der Waals surface area contributed by atoms with E-state index in [1.54, 1.807) is 17.9 Å². The molecule has 5 heteroatoms. The molecule has 19 heavy (non-hydrogen) atoms. The lowest BCUT2D eigenvalue weighted by atomic mass is 10.1. The van der Waals surface area contributed by atoms with Crippen LogP contribution in [0.25, 0.3) is 5.69 Å². The van der Waals surface area contributed by atoms with Crippen molar-refractivity contribution >= 4 is 5.97 Å². The molecular formula is C14H16N2O3. The van der Waals surface area contributed by atoms with E-state index >= 15 is 0 Å². The molecule has 100 valence electrons. The summed E-state index contributed by atoms with van der Waals surface area (Å²) in [5, 5.41) is 13.1. The second-order valence-corrected chi connectivity index (χ2v) is 4.26. The van der Waals surface area contributed by atoms with E-state index in [1.165, 1.54) is 0 Å². The van der Waals surface area contributed by atoms with Crippen LogP contribution in [0, 0.1) is 6.92 Å². The molecule has 0 fully saturated rings. The summed E-state index contributed by atoms with van der Waals surface area (Å²) >= 11 is 0. The smallest absolute Gasteiger partial charge is 0.356 e. The molecule has 0 unspecified atom stereocenters. The van der Waals surface area contributed by atoms with Crippen LogP contribution in [0.2, 0.25) is 0 Å². The average Bonchev–Trinajstić information content (AvgIpc) is 2.79. The average molecular weight is 260 g/mol. The predicted molar refractivity (Wildman–Crippen MR) is 70.8 cm³/mol. The summed E-state index contributed by atoms with van der Waals surface area (Å²) in [6.45, 7) is 2.45. The minimum absolute atomic E-state index is 0.0547. The molecule has 0 saturated heterocycles. The highest BCUT2D eigenvalue weighted by atomic mass is 16.5. The van der Waals surface area contributed by atoms with Crippen LogP contribution in [0.1, 0.15) is 21.7 Å². The Bertz CT molecular complexity index is 590. The number of carboxylic acid groups (broad SMARTS) is 1. The van der Waals surface area contributed by atoms with Crippen molar-refractivity contribution in [3.8, 4) is 5.69 Å². The van der Waals surface area contributed by atoms with E-state index in [0.29, 0.717) is 6.61 Å². The highest BCUT2D eigenvalue weighted by Crippen LogP contribution is 2.17. The number of benzene rings is 1. The van der Waals surface area contributed by atoms with Crippen molar-refractivity contribution < 1.29 is 14.6 Å². The van der Waals surface area contributed by atoms with Gasteiger partial charge >= 0.3 is 5.97 Å². The maximum atomic E-state index is 11.0. The second-order valence-electron chi connectivity index (χ2n) is 4.26. The number of ether oxygens (including phenoxy) is 1. The second kappa shape index (κ2) is 5.67. The van der Waals surface area contributed by atoms with Gasteiger partial charge in [0.05, 0.1) is 12.3 Å². The van der Waals surface area contributed by atoms with Crippen molar-refractivity contribution in [3.63, 3.8) is 0 Å². The van der Waals surface area contributed by atoms with Crippen molar-refractivity contribution in [1.29, 1.82) is 0 Å². The number of methoxy groups -OCH3 is 1. The molecule has 2 rings (SSSR count). The molecule has 0 saturated carbocycles. The van der Waals surface area contributed by atoms with Crippen LogP contribution < -0.4 is 0 Å². The van der Waals surface area contributed by atoms with Gasteiger partial charge in [0.1, 0.15) is 0 Å². The third kappa shape index (κ3) is 2.82. The number of rotatable bonds is 5. The summed E-state index contributed by atoms with van der Waals surface area (Å²) in [5.41, 5.74) is 2.82. The molecule has 0 aliphatic carbocycles. The number of para-hydroxylation sites is 1. The third-order valence-corrected chi connectivity index (χ3v) is 2.90. The van der Waals surface area contributed by atoms with E-state index < -0.39 is 5.97 Å². The lowest BCUT2D eigenvalue weighted by Crippen LogP contribution is -2.06. The molecule has 5 nitrogen and oxygen atoms in total. The molecular weight excluding hydrogens is 244 g/mol. The predicted octanol–water partition coefficient (Wildman–Crippen LogP) is 2.07. The largest absolute Gasteiger partial charge is 0.476 e. The van der Waals surface area contributed by atoms with E-state index in [1.807, 2.05) is 31.2 Å². The summed E-state index contributed by atoms with van der Waals surface area (Å²) in [6, 6.07) is 9.35. The summed E-state index contributed by atoms with van der Waals surface area (Å²) in [5.74, 6) is -1.02. The highest BCUT2D eigenvalue weighted by Gasteiger charge is 2.13. The topological polar surface area (TPSA) is 64.4 Å². The Balaban J connectivity index is 2.43. The van der Waals surface area contributed by atoms with Crippen LogP contribution >= 0.6 is 0 Å². The lowest BCUT2D eigenvalue weighted by molar-refractivity contribution is 0.0690. The zero-order valence-corrected chi connectivity index (χ0v) is 11.0. The normalized spacial score (nSPS) is 10.6. The fraction of sp³-hybridized carbons (Fsp3) is 0.286. The molecule has 1 aromatic carbocycles. The van der Waals surface area contributed by atoms with E-state index in [2.05, 4.69) is 5.10 Å². The number of nitrogens with zero attached hydrogens (tertiary/aromatic N) is 2. The molecule has 0 radical (unpaired) electrons. The number of hydrogen-bond donors (Lipinski definition) is 1. The first kappa shape index (κ1) is 13.3. The Morgan fingerprint density at radius 3 is 2.79 bits per heavy atom. The molecule has 0 spiro atoms. The minimum atomic E-state index is -1.02. The van der Waals surface area contributed by atoms with Gasteiger partial charge in [-0.1, -0.05) is 18.2 Å². The number of aromatic carboxylic acids is 1. The Hall–Kier alpha value is -2.14.